The van der Waals surface area contributed by atoms with Gasteiger partial charge in [-0.05, 0) is 31.2 Å². The van der Waals surface area contributed by atoms with Crippen molar-refractivity contribution in [3.63, 3.8) is 0 Å². The lowest BCUT2D eigenvalue weighted by Gasteiger charge is -2.06. The van der Waals surface area contributed by atoms with E-state index in [0.29, 0.717) is 5.82 Å². The molecule has 0 saturated heterocycles. The van der Waals surface area contributed by atoms with Crippen LogP contribution in [0.5, 0.6) is 0 Å². The van der Waals surface area contributed by atoms with Crippen LogP contribution < -0.4 is 9.99 Å². The van der Waals surface area contributed by atoms with Gasteiger partial charge in [0.05, 0.1) is 5.69 Å². The van der Waals surface area contributed by atoms with Crippen LogP contribution in [0.1, 0.15) is 5.56 Å². The van der Waals surface area contributed by atoms with E-state index in [2.05, 4.69) is 46.7 Å². The lowest BCUT2D eigenvalue weighted by Crippen LogP contribution is -2.10. The monoisotopic (exact) mass is 370 g/mol. The fraction of sp³-hybridized carbons (Fsp3) is 0.0455. The smallest absolute Gasteiger partial charge is 0.189 e. The van der Waals surface area contributed by atoms with Gasteiger partial charge in [0.25, 0.3) is 0 Å². The summed E-state index contributed by atoms with van der Waals surface area (Å²) < 4.78 is 0.788. The first-order chi connectivity index (χ1) is 13.3. The van der Waals surface area contributed by atoms with Gasteiger partial charge in [0.1, 0.15) is 5.01 Å². The Bertz CT molecular complexity index is 1090. The van der Waals surface area contributed by atoms with Gasteiger partial charge < -0.3 is 5.32 Å². The first kappa shape index (κ1) is 17.1. The van der Waals surface area contributed by atoms with Crippen molar-refractivity contribution in [3.8, 4) is 10.6 Å². The Labute approximate surface area is 161 Å². The summed E-state index contributed by atoms with van der Waals surface area (Å²) in [5, 5.41) is 13.0. The molecular formula is C22H18N4S. The molecule has 0 atom stereocenters. The second-order valence-corrected chi connectivity index (χ2v) is 7.04. The van der Waals surface area contributed by atoms with Crippen molar-refractivity contribution in [1.82, 2.24) is 10.2 Å². The van der Waals surface area contributed by atoms with E-state index in [9.17, 15) is 0 Å². The van der Waals surface area contributed by atoms with E-state index in [1.54, 1.807) is 0 Å². The summed E-state index contributed by atoms with van der Waals surface area (Å²) in [6.07, 6.45) is 0. The van der Waals surface area contributed by atoms with E-state index in [0.717, 1.165) is 26.6 Å². The minimum atomic E-state index is 0.644. The predicted octanol–water partition coefficient (Wildman–Crippen LogP) is 5.49. The SMILES string of the molecule is Cc1ccc(-c2nnc(Nc3ccccc3)c(=Nc3ccccc3)s2)cc1. The number of aryl methyl sites for hydroxylation is 1. The van der Waals surface area contributed by atoms with E-state index in [1.165, 1.54) is 16.9 Å². The fourth-order valence-corrected chi connectivity index (χ4v) is 3.40. The molecule has 0 bridgehead atoms. The zero-order chi connectivity index (χ0) is 18.5. The van der Waals surface area contributed by atoms with Crippen molar-refractivity contribution in [2.75, 3.05) is 5.32 Å². The highest BCUT2D eigenvalue weighted by Crippen LogP contribution is 2.21. The molecule has 0 saturated carbocycles. The van der Waals surface area contributed by atoms with Gasteiger partial charge in [-0.1, -0.05) is 77.6 Å². The number of hydrogen-bond acceptors (Lipinski definition) is 5. The largest absolute Gasteiger partial charge is 0.336 e. The molecule has 0 spiro atoms. The number of nitrogens with one attached hydrogen (secondary N) is 1. The van der Waals surface area contributed by atoms with Crippen LogP contribution in [-0.2, 0) is 0 Å². The molecule has 1 heterocycles. The average molecular weight is 370 g/mol. The maximum atomic E-state index is 4.79. The Morgan fingerprint density at radius 1 is 0.778 bits per heavy atom. The van der Waals surface area contributed by atoms with Gasteiger partial charge in [0.2, 0.25) is 0 Å². The van der Waals surface area contributed by atoms with Crippen molar-refractivity contribution in [2.45, 2.75) is 6.92 Å². The number of anilines is 2. The molecule has 0 amide bonds. The van der Waals surface area contributed by atoms with Crippen LogP contribution in [0.25, 0.3) is 10.6 Å². The molecule has 0 aliphatic heterocycles. The average Bonchev–Trinajstić information content (AvgIpc) is 2.71. The van der Waals surface area contributed by atoms with E-state index < -0.39 is 0 Å². The number of aromatic nitrogens is 2. The van der Waals surface area contributed by atoms with Gasteiger partial charge >= 0.3 is 0 Å². The summed E-state index contributed by atoms with van der Waals surface area (Å²) in [5.41, 5.74) is 4.08. The molecule has 0 unspecified atom stereocenters. The molecule has 0 radical (unpaired) electrons. The van der Waals surface area contributed by atoms with Crippen molar-refractivity contribution in [1.29, 1.82) is 0 Å². The van der Waals surface area contributed by atoms with Gasteiger partial charge in [-0.3, -0.25) is 0 Å². The van der Waals surface area contributed by atoms with Gasteiger partial charge in [0.15, 0.2) is 10.5 Å². The Kier molecular flexibility index (Phi) is 5.03. The van der Waals surface area contributed by atoms with E-state index in [-0.39, 0.29) is 0 Å². The zero-order valence-corrected chi connectivity index (χ0v) is 15.6. The second-order valence-electron chi connectivity index (χ2n) is 6.07. The molecule has 5 heteroatoms. The molecule has 1 N–H and O–H groups in total. The lowest BCUT2D eigenvalue weighted by molar-refractivity contribution is 1.05. The Morgan fingerprint density at radius 2 is 1.44 bits per heavy atom. The third kappa shape index (κ3) is 4.27. The highest BCUT2D eigenvalue weighted by molar-refractivity contribution is 7.12. The van der Waals surface area contributed by atoms with E-state index in [1.807, 2.05) is 60.7 Å². The normalized spacial score (nSPS) is 11.4. The number of benzene rings is 3. The molecule has 0 aliphatic carbocycles. The van der Waals surface area contributed by atoms with Crippen LogP contribution >= 0.6 is 11.3 Å². The highest BCUT2D eigenvalue weighted by Gasteiger charge is 2.07. The number of hydrogen-bond donors (Lipinski definition) is 1. The molecule has 4 nitrogen and oxygen atoms in total. The van der Waals surface area contributed by atoms with Crippen LogP contribution in [0.15, 0.2) is 89.9 Å². The Balaban J connectivity index is 1.81. The zero-order valence-electron chi connectivity index (χ0n) is 14.8. The van der Waals surface area contributed by atoms with Gasteiger partial charge in [-0.15, -0.1) is 10.2 Å². The summed E-state index contributed by atoms with van der Waals surface area (Å²) in [4.78, 5) is 4.79. The topological polar surface area (TPSA) is 50.2 Å². The molecule has 132 valence electrons. The summed E-state index contributed by atoms with van der Waals surface area (Å²) in [6, 6.07) is 28.1. The maximum Gasteiger partial charge on any atom is 0.189 e. The standard InChI is InChI=1S/C22H18N4S/c1-16-12-14-17(15-13-16)21-26-25-20(23-18-8-4-2-5-9-18)22(27-21)24-19-10-6-3-7-11-19/h2-15H,1H3,(H,23,25). The second kappa shape index (κ2) is 7.93. The fourth-order valence-electron chi connectivity index (χ4n) is 2.54. The number of nitrogens with zero attached hydrogens (tertiary/aromatic N) is 3. The summed E-state index contributed by atoms with van der Waals surface area (Å²) in [6.45, 7) is 2.07. The van der Waals surface area contributed by atoms with Gasteiger partial charge in [-0.2, -0.15) is 0 Å². The summed E-state index contributed by atoms with van der Waals surface area (Å²) >= 11 is 1.52. The van der Waals surface area contributed by atoms with Crippen molar-refractivity contribution >= 4 is 28.5 Å². The summed E-state index contributed by atoms with van der Waals surface area (Å²) in [7, 11) is 0. The molecule has 0 fully saturated rings. The molecule has 4 aromatic rings. The molecule has 0 aliphatic rings. The quantitative estimate of drug-likeness (QED) is 0.517. The van der Waals surface area contributed by atoms with Crippen molar-refractivity contribution < 1.29 is 0 Å². The van der Waals surface area contributed by atoms with Crippen LogP contribution in [0, 0.1) is 6.92 Å². The minimum absolute atomic E-state index is 0.644. The number of rotatable bonds is 4. The van der Waals surface area contributed by atoms with Crippen LogP contribution in [-0.4, -0.2) is 10.2 Å². The molecule has 4 rings (SSSR count). The number of para-hydroxylation sites is 2. The minimum Gasteiger partial charge on any atom is -0.336 e. The third-order valence-electron chi connectivity index (χ3n) is 3.96. The van der Waals surface area contributed by atoms with Crippen LogP contribution in [0.2, 0.25) is 0 Å². The van der Waals surface area contributed by atoms with Gasteiger partial charge in [0, 0.05) is 11.3 Å². The maximum absolute atomic E-state index is 4.79. The van der Waals surface area contributed by atoms with Gasteiger partial charge in [-0.25, -0.2) is 4.99 Å². The lowest BCUT2D eigenvalue weighted by atomic mass is 10.2. The molecular weight excluding hydrogens is 352 g/mol. The highest BCUT2D eigenvalue weighted by atomic mass is 32.1. The Morgan fingerprint density at radius 3 is 2.15 bits per heavy atom. The summed E-state index contributed by atoms with van der Waals surface area (Å²) in [5.74, 6) is 0.644. The molecule has 27 heavy (non-hydrogen) atoms. The third-order valence-corrected chi connectivity index (χ3v) is 4.95. The first-order valence-corrected chi connectivity index (χ1v) is 9.46. The van der Waals surface area contributed by atoms with E-state index in [4.69, 9.17) is 4.99 Å². The molecule has 1 aromatic heterocycles. The van der Waals surface area contributed by atoms with Crippen molar-refractivity contribution in [2.24, 2.45) is 4.99 Å². The Hall–Kier alpha value is -3.31. The molecule has 3 aromatic carbocycles. The van der Waals surface area contributed by atoms with Crippen molar-refractivity contribution in [3.05, 3.63) is 95.2 Å². The predicted molar refractivity (Wildman–Crippen MR) is 111 cm³/mol. The first-order valence-electron chi connectivity index (χ1n) is 8.65. The van der Waals surface area contributed by atoms with Crippen LogP contribution in [0.4, 0.5) is 17.2 Å². The van der Waals surface area contributed by atoms with E-state index >= 15 is 0 Å². The van der Waals surface area contributed by atoms with Crippen LogP contribution in [0.3, 0.4) is 0 Å².